The molecule has 7 heteroatoms. The molecule has 0 N–H and O–H groups in total. The number of likely N-dealkylation sites (N-methyl/N-ethyl adjacent to an activating group) is 1. The average Bonchev–Trinajstić information content (AvgIpc) is 3.40. The molecule has 0 aliphatic carbocycles. The number of nitrogens with zero attached hydrogens (tertiary/aromatic N) is 2. The second-order valence-corrected chi connectivity index (χ2v) is 7.46. The second kappa shape index (κ2) is 7.89. The van der Waals surface area contributed by atoms with Crippen LogP contribution in [0.15, 0.2) is 71.1 Å². The first-order valence-electron chi connectivity index (χ1n) is 9.02. The predicted octanol–water partition coefficient (Wildman–Crippen LogP) is 4.76. The molecule has 0 aliphatic heterocycles. The maximum atomic E-state index is 12.5. The lowest BCUT2D eigenvalue weighted by atomic mass is 10.2. The van der Waals surface area contributed by atoms with Crippen LogP contribution in [0.1, 0.15) is 17.5 Å². The third-order valence-corrected chi connectivity index (χ3v) is 5.47. The number of anilines is 1. The predicted molar refractivity (Wildman–Crippen MR) is 112 cm³/mol. The van der Waals surface area contributed by atoms with Crippen molar-refractivity contribution in [1.29, 1.82) is 0 Å². The van der Waals surface area contributed by atoms with Gasteiger partial charge in [0.15, 0.2) is 16.9 Å². The molecule has 4 rings (SSSR count). The van der Waals surface area contributed by atoms with Gasteiger partial charge in [-0.2, -0.15) is 0 Å². The lowest BCUT2D eigenvalue weighted by molar-refractivity contribution is -0.126. The molecular formula is C22H18N2O4S. The quantitative estimate of drug-likeness (QED) is 0.447. The van der Waals surface area contributed by atoms with E-state index >= 15 is 0 Å². The van der Waals surface area contributed by atoms with Gasteiger partial charge in [-0.3, -0.25) is 4.79 Å². The molecule has 1 atom stereocenters. The number of hydrogen-bond donors (Lipinski definition) is 0. The number of fused-ring (bicyclic) bond motifs is 1. The van der Waals surface area contributed by atoms with Crippen molar-refractivity contribution in [2.24, 2.45) is 0 Å². The number of thiazole rings is 1. The van der Waals surface area contributed by atoms with Crippen LogP contribution in [0, 0.1) is 0 Å². The summed E-state index contributed by atoms with van der Waals surface area (Å²) >= 11 is 1.48. The highest BCUT2D eigenvalue weighted by molar-refractivity contribution is 7.21. The van der Waals surface area contributed by atoms with E-state index in [2.05, 4.69) is 4.98 Å². The number of benzene rings is 2. The smallest absolute Gasteiger partial charge is 0.375 e. The number of carbonyl (C=O) groups is 2. The van der Waals surface area contributed by atoms with Crippen molar-refractivity contribution in [3.8, 4) is 10.8 Å². The standard InChI is InChI=1S/C22H18N2O4S/c1-14(21(25)24(2)15-8-4-3-5-9-15)27-22(26)18-13-12-17(28-18)20-23-16-10-6-7-11-19(16)29-20/h3-14H,1-2H3/t14-/m1/s1. The fourth-order valence-corrected chi connectivity index (χ4v) is 3.79. The molecule has 2 aromatic carbocycles. The van der Waals surface area contributed by atoms with Crippen LogP contribution in [0.4, 0.5) is 5.69 Å². The average molecular weight is 406 g/mol. The Morgan fingerprint density at radius 1 is 1.03 bits per heavy atom. The molecule has 0 fully saturated rings. The van der Waals surface area contributed by atoms with Crippen LogP contribution in [0.2, 0.25) is 0 Å². The van der Waals surface area contributed by atoms with Crippen molar-refractivity contribution in [3.05, 3.63) is 72.5 Å². The minimum absolute atomic E-state index is 0.0290. The number of carbonyl (C=O) groups excluding carboxylic acids is 2. The summed E-state index contributed by atoms with van der Waals surface area (Å²) in [6.07, 6.45) is -0.955. The van der Waals surface area contributed by atoms with E-state index < -0.39 is 12.1 Å². The Labute approximate surface area is 171 Å². The number of ether oxygens (including phenoxy) is 1. The Hall–Kier alpha value is -3.45. The van der Waals surface area contributed by atoms with E-state index in [0.29, 0.717) is 10.8 Å². The first-order valence-corrected chi connectivity index (χ1v) is 9.84. The third kappa shape index (κ3) is 3.90. The van der Waals surface area contributed by atoms with Crippen LogP contribution in [0.3, 0.4) is 0 Å². The topological polar surface area (TPSA) is 72.6 Å². The highest BCUT2D eigenvalue weighted by Crippen LogP contribution is 2.31. The highest BCUT2D eigenvalue weighted by Gasteiger charge is 2.25. The van der Waals surface area contributed by atoms with Crippen molar-refractivity contribution in [1.82, 2.24) is 4.98 Å². The van der Waals surface area contributed by atoms with Crippen molar-refractivity contribution in [3.63, 3.8) is 0 Å². The third-order valence-electron chi connectivity index (χ3n) is 4.42. The summed E-state index contributed by atoms with van der Waals surface area (Å²) in [6, 6.07) is 20.1. The van der Waals surface area contributed by atoms with Gasteiger partial charge in [0.1, 0.15) is 0 Å². The number of furan rings is 1. The molecule has 2 aromatic heterocycles. The minimum atomic E-state index is -0.955. The summed E-state index contributed by atoms with van der Waals surface area (Å²) in [5.41, 5.74) is 1.59. The molecule has 0 bridgehead atoms. The number of hydrogen-bond acceptors (Lipinski definition) is 6. The van der Waals surface area contributed by atoms with Crippen LogP contribution in [0.25, 0.3) is 21.0 Å². The molecule has 0 saturated carbocycles. The summed E-state index contributed by atoms with van der Waals surface area (Å²) in [5, 5.41) is 0.679. The first-order chi connectivity index (χ1) is 14.0. The van der Waals surface area contributed by atoms with Gasteiger partial charge in [0, 0.05) is 12.7 Å². The molecule has 0 radical (unpaired) electrons. The Kier molecular flexibility index (Phi) is 5.14. The van der Waals surface area contributed by atoms with Gasteiger partial charge in [0.25, 0.3) is 5.91 Å². The fourth-order valence-electron chi connectivity index (χ4n) is 2.86. The number of para-hydroxylation sites is 2. The van der Waals surface area contributed by atoms with Gasteiger partial charge in [-0.05, 0) is 43.3 Å². The van der Waals surface area contributed by atoms with Crippen LogP contribution < -0.4 is 4.90 Å². The van der Waals surface area contributed by atoms with Gasteiger partial charge >= 0.3 is 5.97 Å². The zero-order valence-electron chi connectivity index (χ0n) is 15.9. The lowest BCUT2D eigenvalue weighted by Gasteiger charge is -2.21. The lowest BCUT2D eigenvalue weighted by Crippen LogP contribution is -2.37. The van der Waals surface area contributed by atoms with E-state index in [0.717, 1.165) is 15.9 Å². The number of esters is 1. The van der Waals surface area contributed by atoms with Crippen molar-refractivity contribution in [2.75, 3.05) is 11.9 Å². The fraction of sp³-hybridized carbons (Fsp3) is 0.136. The Bertz CT molecular complexity index is 1130. The summed E-state index contributed by atoms with van der Waals surface area (Å²) < 4.78 is 12.0. The maximum Gasteiger partial charge on any atom is 0.375 e. The monoisotopic (exact) mass is 406 g/mol. The number of rotatable bonds is 5. The summed E-state index contributed by atoms with van der Waals surface area (Å²) in [7, 11) is 1.64. The van der Waals surface area contributed by atoms with Crippen LogP contribution >= 0.6 is 11.3 Å². The van der Waals surface area contributed by atoms with E-state index in [1.165, 1.54) is 29.2 Å². The van der Waals surface area contributed by atoms with Crippen molar-refractivity contribution in [2.45, 2.75) is 13.0 Å². The zero-order valence-corrected chi connectivity index (χ0v) is 16.7. The largest absolute Gasteiger partial charge is 0.447 e. The molecule has 0 unspecified atom stereocenters. The van der Waals surface area contributed by atoms with E-state index in [4.69, 9.17) is 9.15 Å². The highest BCUT2D eigenvalue weighted by atomic mass is 32.1. The Morgan fingerprint density at radius 3 is 2.52 bits per heavy atom. The Balaban J connectivity index is 1.45. The van der Waals surface area contributed by atoms with E-state index in [1.807, 2.05) is 54.6 Å². The van der Waals surface area contributed by atoms with Gasteiger partial charge in [-0.25, -0.2) is 9.78 Å². The summed E-state index contributed by atoms with van der Waals surface area (Å²) in [4.78, 5) is 30.9. The number of amides is 1. The normalized spacial score (nSPS) is 11.9. The van der Waals surface area contributed by atoms with Gasteiger partial charge in [-0.1, -0.05) is 30.3 Å². The van der Waals surface area contributed by atoms with E-state index in [1.54, 1.807) is 13.1 Å². The molecule has 146 valence electrons. The molecule has 4 aromatic rings. The van der Waals surface area contributed by atoms with Gasteiger partial charge in [0.2, 0.25) is 5.76 Å². The number of aromatic nitrogens is 1. The van der Waals surface area contributed by atoms with Crippen LogP contribution in [-0.2, 0) is 9.53 Å². The second-order valence-electron chi connectivity index (χ2n) is 6.43. The maximum absolute atomic E-state index is 12.5. The van der Waals surface area contributed by atoms with E-state index in [9.17, 15) is 9.59 Å². The first kappa shape index (κ1) is 18.9. The van der Waals surface area contributed by atoms with Gasteiger partial charge < -0.3 is 14.1 Å². The molecule has 0 saturated heterocycles. The summed E-state index contributed by atoms with van der Waals surface area (Å²) in [5.74, 6) is -0.512. The van der Waals surface area contributed by atoms with Crippen molar-refractivity contribution < 1.29 is 18.7 Å². The van der Waals surface area contributed by atoms with Crippen molar-refractivity contribution >= 4 is 39.1 Å². The zero-order chi connectivity index (χ0) is 20.4. The molecule has 1 amide bonds. The van der Waals surface area contributed by atoms with Gasteiger partial charge in [-0.15, -0.1) is 11.3 Å². The SMILES string of the molecule is C[C@@H](OC(=O)c1ccc(-c2nc3ccccc3s2)o1)C(=O)N(C)c1ccccc1. The molecule has 0 aliphatic rings. The minimum Gasteiger partial charge on any atom is -0.447 e. The molecule has 0 spiro atoms. The Morgan fingerprint density at radius 2 is 1.76 bits per heavy atom. The summed E-state index contributed by atoms with van der Waals surface area (Å²) in [6.45, 7) is 1.54. The molecule has 6 nitrogen and oxygen atoms in total. The molecule has 29 heavy (non-hydrogen) atoms. The van der Waals surface area contributed by atoms with Crippen LogP contribution in [0.5, 0.6) is 0 Å². The van der Waals surface area contributed by atoms with Gasteiger partial charge in [0.05, 0.1) is 10.2 Å². The van der Waals surface area contributed by atoms with E-state index in [-0.39, 0.29) is 11.7 Å². The molecule has 2 heterocycles. The molecular weight excluding hydrogens is 388 g/mol. The van der Waals surface area contributed by atoms with Crippen LogP contribution in [-0.4, -0.2) is 30.0 Å².